The van der Waals surface area contributed by atoms with E-state index < -0.39 is 0 Å². The van der Waals surface area contributed by atoms with E-state index in [0.717, 1.165) is 30.8 Å². The van der Waals surface area contributed by atoms with Gasteiger partial charge in [0.1, 0.15) is 0 Å². The van der Waals surface area contributed by atoms with Gasteiger partial charge in [-0.2, -0.15) is 0 Å². The number of hydrogen-bond acceptors (Lipinski definition) is 2. The lowest BCUT2D eigenvalue weighted by Crippen LogP contribution is -2.29. The lowest BCUT2D eigenvalue weighted by Gasteiger charge is -2.18. The van der Waals surface area contributed by atoms with Crippen molar-refractivity contribution in [2.24, 2.45) is 0 Å². The van der Waals surface area contributed by atoms with Gasteiger partial charge in [-0.1, -0.05) is 45.9 Å². The maximum absolute atomic E-state index is 11.8. The summed E-state index contributed by atoms with van der Waals surface area (Å²) in [4.78, 5) is 15.9. The molecule has 1 aliphatic rings. The largest absolute Gasteiger partial charge is 0.312 e. The summed E-state index contributed by atoms with van der Waals surface area (Å²) in [6.45, 7) is 9.85. The fourth-order valence-electron chi connectivity index (χ4n) is 2.11. The number of amides is 1. The van der Waals surface area contributed by atoms with Crippen molar-refractivity contribution >= 4 is 11.6 Å². The zero-order valence-corrected chi connectivity index (χ0v) is 13.9. The molecule has 0 N–H and O–H groups in total. The molecule has 1 aromatic carbocycles. The number of rotatable bonds is 4. The number of nitrogens with zero attached hydrogens (tertiary/aromatic N) is 2. The molecule has 0 bridgehead atoms. The minimum Gasteiger partial charge on any atom is -0.312 e. The second kappa shape index (κ2) is 10.4. The van der Waals surface area contributed by atoms with Crippen LogP contribution in [-0.4, -0.2) is 38.0 Å². The van der Waals surface area contributed by atoms with Crippen molar-refractivity contribution in [1.29, 1.82) is 0 Å². The van der Waals surface area contributed by atoms with E-state index in [2.05, 4.69) is 19.0 Å². The molecule has 20 heavy (non-hydrogen) atoms. The van der Waals surface area contributed by atoms with Gasteiger partial charge in [-0.25, -0.2) is 0 Å². The summed E-state index contributed by atoms with van der Waals surface area (Å²) in [7, 11) is 4.11. The van der Waals surface area contributed by atoms with Crippen LogP contribution in [0.1, 0.15) is 39.7 Å². The van der Waals surface area contributed by atoms with Gasteiger partial charge in [-0.15, -0.1) is 0 Å². The number of para-hydroxylation sites is 1. The number of carbonyl (C=O) groups is 1. The molecule has 1 aliphatic heterocycles. The van der Waals surface area contributed by atoms with Crippen LogP contribution in [0.15, 0.2) is 24.3 Å². The Labute approximate surface area is 124 Å². The highest BCUT2D eigenvalue weighted by Gasteiger charge is 2.25. The van der Waals surface area contributed by atoms with Crippen LogP contribution >= 0.6 is 0 Å². The van der Waals surface area contributed by atoms with Gasteiger partial charge in [0.05, 0.1) is 6.42 Å². The zero-order chi connectivity index (χ0) is 15.5. The first-order valence-electron chi connectivity index (χ1n) is 7.71. The Morgan fingerprint density at radius 2 is 1.70 bits per heavy atom. The standard InChI is InChI=1S/C13H18N2O.2C2H6/c1-14(2)8-5-9-15-12-7-4-3-6-11(12)10-13(15)16;2*1-2/h3-4,6-7H,5,8-10H2,1-2H3;2*1-2H3. The van der Waals surface area contributed by atoms with Gasteiger partial charge in [-0.3, -0.25) is 4.79 Å². The van der Waals surface area contributed by atoms with Crippen molar-refractivity contribution in [3.05, 3.63) is 29.8 Å². The molecule has 0 saturated carbocycles. The third-order valence-corrected chi connectivity index (χ3v) is 2.91. The average molecular weight is 278 g/mol. The van der Waals surface area contributed by atoms with Gasteiger partial charge in [-0.05, 0) is 38.7 Å². The molecular formula is C17H30N2O. The predicted molar refractivity (Wildman–Crippen MR) is 88.4 cm³/mol. The summed E-state index contributed by atoms with van der Waals surface area (Å²) >= 11 is 0. The van der Waals surface area contributed by atoms with E-state index in [-0.39, 0.29) is 5.91 Å². The maximum atomic E-state index is 11.8. The maximum Gasteiger partial charge on any atom is 0.231 e. The van der Waals surface area contributed by atoms with E-state index in [1.165, 1.54) is 0 Å². The van der Waals surface area contributed by atoms with Crippen LogP contribution in [0.3, 0.4) is 0 Å². The van der Waals surface area contributed by atoms with Crippen LogP contribution in [0.4, 0.5) is 5.69 Å². The SMILES string of the molecule is CC.CC.CN(C)CCCN1C(=O)Cc2ccccc21. The Morgan fingerprint density at radius 1 is 1.10 bits per heavy atom. The molecule has 1 aromatic rings. The normalized spacial score (nSPS) is 12.3. The monoisotopic (exact) mass is 278 g/mol. The Hall–Kier alpha value is -1.35. The third kappa shape index (κ3) is 5.33. The third-order valence-electron chi connectivity index (χ3n) is 2.91. The highest BCUT2D eigenvalue weighted by molar-refractivity contribution is 6.01. The smallest absolute Gasteiger partial charge is 0.231 e. The van der Waals surface area contributed by atoms with Crippen molar-refractivity contribution in [3.63, 3.8) is 0 Å². The molecule has 0 aliphatic carbocycles. The molecular weight excluding hydrogens is 248 g/mol. The van der Waals surface area contributed by atoms with Crippen LogP contribution < -0.4 is 4.90 Å². The van der Waals surface area contributed by atoms with Gasteiger partial charge in [0, 0.05) is 12.2 Å². The molecule has 0 fully saturated rings. The lowest BCUT2D eigenvalue weighted by molar-refractivity contribution is -0.117. The van der Waals surface area contributed by atoms with Gasteiger partial charge < -0.3 is 9.80 Å². The van der Waals surface area contributed by atoms with Gasteiger partial charge in [0.2, 0.25) is 5.91 Å². The molecule has 1 amide bonds. The second-order valence-electron chi connectivity index (χ2n) is 4.51. The first-order chi connectivity index (χ1) is 9.68. The fourth-order valence-corrected chi connectivity index (χ4v) is 2.11. The minimum atomic E-state index is 0.236. The minimum absolute atomic E-state index is 0.236. The van der Waals surface area contributed by atoms with Crippen molar-refractivity contribution in [1.82, 2.24) is 4.90 Å². The summed E-state index contributed by atoms with van der Waals surface area (Å²) in [5, 5.41) is 0. The molecule has 1 heterocycles. The van der Waals surface area contributed by atoms with E-state index in [1.54, 1.807) is 0 Å². The van der Waals surface area contributed by atoms with Crippen molar-refractivity contribution < 1.29 is 4.79 Å². The highest BCUT2D eigenvalue weighted by atomic mass is 16.2. The molecule has 2 rings (SSSR count). The Morgan fingerprint density at radius 3 is 2.30 bits per heavy atom. The van der Waals surface area contributed by atoms with Crippen molar-refractivity contribution in [2.75, 3.05) is 32.1 Å². The summed E-state index contributed by atoms with van der Waals surface area (Å²) in [6.07, 6.45) is 1.59. The van der Waals surface area contributed by atoms with E-state index in [9.17, 15) is 4.79 Å². The predicted octanol–water partition coefficient (Wildman–Crippen LogP) is 3.58. The van der Waals surface area contributed by atoms with Crippen LogP contribution in [0.5, 0.6) is 0 Å². The zero-order valence-electron chi connectivity index (χ0n) is 13.9. The molecule has 0 spiro atoms. The number of anilines is 1. The molecule has 0 saturated heterocycles. The average Bonchev–Trinajstić information content (AvgIpc) is 2.79. The van der Waals surface area contributed by atoms with Gasteiger partial charge in [0.15, 0.2) is 0 Å². The summed E-state index contributed by atoms with van der Waals surface area (Å²) in [5.41, 5.74) is 2.27. The number of hydrogen-bond donors (Lipinski definition) is 0. The van der Waals surface area contributed by atoms with Crippen LogP contribution in [0.25, 0.3) is 0 Å². The quantitative estimate of drug-likeness (QED) is 0.840. The Balaban J connectivity index is 0.000000829. The molecule has 0 aromatic heterocycles. The topological polar surface area (TPSA) is 23.6 Å². The second-order valence-corrected chi connectivity index (χ2v) is 4.51. The summed E-state index contributed by atoms with van der Waals surface area (Å²) < 4.78 is 0. The first-order valence-corrected chi connectivity index (χ1v) is 7.71. The number of benzene rings is 1. The summed E-state index contributed by atoms with van der Waals surface area (Å²) in [6, 6.07) is 8.07. The Bertz CT molecular complexity index is 388. The van der Waals surface area contributed by atoms with Gasteiger partial charge >= 0.3 is 0 Å². The molecule has 0 unspecified atom stereocenters. The van der Waals surface area contributed by atoms with Crippen LogP contribution in [-0.2, 0) is 11.2 Å². The first kappa shape index (κ1) is 18.7. The highest BCUT2D eigenvalue weighted by Crippen LogP contribution is 2.28. The van der Waals surface area contributed by atoms with Crippen molar-refractivity contribution in [3.8, 4) is 0 Å². The number of carbonyl (C=O) groups excluding carboxylic acids is 1. The molecule has 3 heteroatoms. The lowest BCUT2D eigenvalue weighted by atomic mass is 10.2. The molecule has 0 radical (unpaired) electrons. The van der Waals surface area contributed by atoms with E-state index in [4.69, 9.17) is 0 Å². The number of fused-ring (bicyclic) bond motifs is 1. The van der Waals surface area contributed by atoms with Crippen molar-refractivity contribution in [2.45, 2.75) is 40.5 Å². The fraction of sp³-hybridized carbons (Fsp3) is 0.588. The summed E-state index contributed by atoms with van der Waals surface area (Å²) in [5.74, 6) is 0.236. The van der Waals surface area contributed by atoms with Gasteiger partial charge in [0.25, 0.3) is 0 Å². The van der Waals surface area contributed by atoms with Crippen LogP contribution in [0, 0.1) is 0 Å². The molecule has 114 valence electrons. The van der Waals surface area contributed by atoms with E-state index in [0.29, 0.717) is 6.42 Å². The van der Waals surface area contributed by atoms with E-state index in [1.807, 2.05) is 56.9 Å². The Kier molecular flexibility index (Phi) is 9.73. The van der Waals surface area contributed by atoms with E-state index >= 15 is 0 Å². The molecule has 0 atom stereocenters. The molecule has 3 nitrogen and oxygen atoms in total. The van der Waals surface area contributed by atoms with Crippen LogP contribution in [0.2, 0.25) is 0 Å².